The Labute approximate surface area is 107 Å². The summed E-state index contributed by atoms with van der Waals surface area (Å²) in [4.78, 5) is 14.6. The Kier molecular flexibility index (Phi) is 3.88. The average molecular weight is 266 g/mol. The molecule has 0 saturated carbocycles. The number of carboxylic acids is 1. The number of anilines is 1. The monoisotopic (exact) mass is 266 g/mol. The highest BCUT2D eigenvalue weighted by Gasteiger charge is 2.05. The van der Waals surface area contributed by atoms with Gasteiger partial charge in [-0.25, -0.2) is 9.37 Å². The highest BCUT2D eigenvalue weighted by molar-refractivity contribution is 7.13. The van der Waals surface area contributed by atoms with Crippen molar-refractivity contribution < 1.29 is 14.3 Å². The smallest absolute Gasteiger partial charge is 0.309 e. The minimum atomic E-state index is -0.898. The maximum absolute atomic E-state index is 12.7. The van der Waals surface area contributed by atoms with Gasteiger partial charge in [-0.2, -0.15) is 0 Å². The van der Waals surface area contributed by atoms with E-state index in [1.165, 1.54) is 23.5 Å². The molecule has 0 aliphatic heterocycles. The SMILES string of the molecule is O=C(O)Cc1csc(NCc2ccc(F)cc2)n1. The number of carboxylic acid groups (broad SMARTS) is 1. The molecule has 0 atom stereocenters. The fourth-order valence-electron chi connectivity index (χ4n) is 1.40. The lowest BCUT2D eigenvalue weighted by molar-refractivity contribution is -0.136. The van der Waals surface area contributed by atoms with E-state index in [0.29, 0.717) is 17.4 Å². The van der Waals surface area contributed by atoms with Gasteiger partial charge < -0.3 is 10.4 Å². The van der Waals surface area contributed by atoms with Crippen LogP contribution in [0.1, 0.15) is 11.3 Å². The standard InChI is InChI=1S/C12H11FN2O2S/c13-9-3-1-8(2-4-9)6-14-12-15-10(7-18-12)5-11(16)17/h1-4,7H,5-6H2,(H,14,15)(H,16,17). The van der Waals surface area contributed by atoms with Crippen molar-refractivity contribution in [2.45, 2.75) is 13.0 Å². The summed E-state index contributed by atoms with van der Waals surface area (Å²) < 4.78 is 12.7. The van der Waals surface area contributed by atoms with E-state index in [1.807, 2.05) is 0 Å². The van der Waals surface area contributed by atoms with Crippen LogP contribution in [0.2, 0.25) is 0 Å². The number of nitrogens with zero attached hydrogens (tertiary/aromatic N) is 1. The normalized spacial score (nSPS) is 10.3. The van der Waals surface area contributed by atoms with Gasteiger partial charge in [0.2, 0.25) is 0 Å². The number of hydrogen-bond acceptors (Lipinski definition) is 4. The van der Waals surface area contributed by atoms with Gasteiger partial charge in [0.05, 0.1) is 12.1 Å². The highest BCUT2D eigenvalue weighted by Crippen LogP contribution is 2.17. The molecule has 1 aromatic carbocycles. The Morgan fingerprint density at radius 1 is 1.39 bits per heavy atom. The second-order valence-corrected chi connectivity index (χ2v) is 4.55. The number of halogens is 1. The molecule has 0 saturated heterocycles. The van der Waals surface area contributed by atoms with Crippen LogP contribution in [-0.2, 0) is 17.8 Å². The highest BCUT2D eigenvalue weighted by atomic mass is 32.1. The van der Waals surface area contributed by atoms with Crippen LogP contribution in [0.15, 0.2) is 29.6 Å². The first-order valence-corrected chi connectivity index (χ1v) is 6.16. The molecule has 1 aromatic heterocycles. The van der Waals surface area contributed by atoms with Gasteiger partial charge in [-0.15, -0.1) is 11.3 Å². The number of aliphatic carboxylic acids is 1. The Bertz CT molecular complexity index is 539. The zero-order chi connectivity index (χ0) is 13.0. The summed E-state index contributed by atoms with van der Waals surface area (Å²) in [5.74, 6) is -1.16. The number of thiazole rings is 1. The quantitative estimate of drug-likeness (QED) is 0.873. The van der Waals surface area contributed by atoms with Crippen LogP contribution in [0.3, 0.4) is 0 Å². The van der Waals surface area contributed by atoms with E-state index in [0.717, 1.165) is 5.56 Å². The molecule has 6 heteroatoms. The molecule has 94 valence electrons. The number of aromatic nitrogens is 1. The zero-order valence-electron chi connectivity index (χ0n) is 9.39. The Hall–Kier alpha value is -1.95. The third kappa shape index (κ3) is 3.53. The molecule has 2 aromatic rings. The minimum Gasteiger partial charge on any atom is -0.481 e. The molecule has 0 fully saturated rings. The fourth-order valence-corrected chi connectivity index (χ4v) is 2.11. The van der Waals surface area contributed by atoms with Crippen molar-refractivity contribution in [1.29, 1.82) is 0 Å². The molecule has 0 aliphatic carbocycles. The van der Waals surface area contributed by atoms with Crippen LogP contribution >= 0.6 is 11.3 Å². The number of nitrogens with one attached hydrogen (secondary N) is 1. The van der Waals surface area contributed by atoms with Gasteiger partial charge in [-0.1, -0.05) is 12.1 Å². The summed E-state index contributed by atoms with van der Waals surface area (Å²) >= 11 is 1.35. The summed E-state index contributed by atoms with van der Waals surface area (Å²) in [7, 11) is 0. The largest absolute Gasteiger partial charge is 0.481 e. The maximum atomic E-state index is 12.7. The molecule has 0 unspecified atom stereocenters. The number of carbonyl (C=O) groups is 1. The van der Waals surface area contributed by atoms with Gasteiger partial charge in [0.15, 0.2) is 5.13 Å². The summed E-state index contributed by atoms with van der Waals surface area (Å²) in [6, 6.07) is 6.17. The summed E-state index contributed by atoms with van der Waals surface area (Å²) in [5, 5.41) is 14.1. The summed E-state index contributed by atoms with van der Waals surface area (Å²) in [6.07, 6.45) is -0.0747. The number of rotatable bonds is 5. The molecule has 4 nitrogen and oxygen atoms in total. The predicted molar refractivity (Wildman–Crippen MR) is 67.2 cm³/mol. The number of benzene rings is 1. The minimum absolute atomic E-state index is 0.0747. The molecular weight excluding hydrogens is 255 g/mol. The summed E-state index contributed by atoms with van der Waals surface area (Å²) in [6.45, 7) is 0.528. The lowest BCUT2D eigenvalue weighted by Crippen LogP contribution is -2.02. The van der Waals surface area contributed by atoms with Crippen molar-refractivity contribution in [2.75, 3.05) is 5.32 Å². The van der Waals surface area contributed by atoms with Gasteiger partial charge in [-0.3, -0.25) is 4.79 Å². The first kappa shape index (κ1) is 12.5. The van der Waals surface area contributed by atoms with Crippen LogP contribution in [0.4, 0.5) is 9.52 Å². The zero-order valence-corrected chi connectivity index (χ0v) is 10.2. The van der Waals surface area contributed by atoms with Gasteiger partial charge in [-0.05, 0) is 17.7 Å². The topological polar surface area (TPSA) is 62.2 Å². The van der Waals surface area contributed by atoms with E-state index in [9.17, 15) is 9.18 Å². The predicted octanol–water partition coefficient (Wildman–Crippen LogP) is 2.52. The average Bonchev–Trinajstić information content (AvgIpc) is 2.75. The van der Waals surface area contributed by atoms with E-state index in [4.69, 9.17) is 5.11 Å². The van der Waals surface area contributed by atoms with Crippen LogP contribution in [0.25, 0.3) is 0 Å². The van der Waals surface area contributed by atoms with Crippen LogP contribution in [-0.4, -0.2) is 16.1 Å². The molecule has 0 radical (unpaired) electrons. The van der Waals surface area contributed by atoms with Crippen molar-refractivity contribution in [3.05, 3.63) is 46.7 Å². The lowest BCUT2D eigenvalue weighted by Gasteiger charge is -2.02. The molecule has 0 spiro atoms. The first-order valence-electron chi connectivity index (χ1n) is 5.28. The lowest BCUT2D eigenvalue weighted by atomic mass is 10.2. The van der Waals surface area contributed by atoms with Gasteiger partial charge in [0.25, 0.3) is 0 Å². The van der Waals surface area contributed by atoms with E-state index >= 15 is 0 Å². The van der Waals surface area contributed by atoms with E-state index in [1.54, 1.807) is 17.5 Å². The second kappa shape index (κ2) is 5.59. The molecule has 0 aliphatic rings. The molecule has 0 bridgehead atoms. The van der Waals surface area contributed by atoms with Crippen molar-refractivity contribution >= 4 is 22.4 Å². The second-order valence-electron chi connectivity index (χ2n) is 3.69. The fraction of sp³-hybridized carbons (Fsp3) is 0.167. The van der Waals surface area contributed by atoms with Crippen molar-refractivity contribution in [1.82, 2.24) is 4.98 Å². The third-order valence-corrected chi connectivity index (χ3v) is 3.09. The summed E-state index contributed by atoms with van der Waals surface area (Å²) in [5.41, 5.74) is 1.47. The third-order valence-electron chi connectivity index (χ3n) is 2.24. The molecule has 2 N–H and O–H groups in total. The Morgan fingerprint density at radius 3 is 2.78 bits per heavy atom. The van der Waals surface area contributed by atoms with Crippen LogP contribution in [0, 0.1) is 5.82 Å². The van der Waals surface area contributed by atoms with Crippen molar-refractivity contribution in [3.63, 3.8) is 0 Å². The van der Waals surface area contributed by atoms with Crippen LogP contribution in [0.5, 0.6) is 0 Å². The maximum Gasteiger partial charge on any atom is 0.309 e. The molecule has 0 amide bonds. The molecular formula is C12H11FN2O2S. The van der Waals surface area contributed by atoms with E-state index in [2.05, 4.69) is 10.3 Å². The van der Waals surface area contributed by atoms with Gasteiger partial charge in [0, 0.05) is 11.9 Å². The molecule has 18 heavy (non-hydrogen) atoms. The van der Waals surface area contributed by atoms with Crippen molar-refractivity contribution in [3.8, 4) is 0 Å². The first-order chi connectivity index (χ1) is 8.63. The van der Waals surface area contributed by atoms with Gasteiger partial charge >= 0.3 is 5.97 Å². The molecule has 1 heterocycles. The number of hydrogen-bond donors (Lipinski definition) is 2. The Morgan fingerprint density at radius 2 is 2.11 bits per heavy atom. The van der Waals surface area contributed by atoms with Crippen molar-refractivity contribution in [2.24, 2.45) is 0 Å². The van der Waals surface area contributed by atoms with Crippen LogP contribution < -0.4 is 5.32 Å². The van der Waals surface area contributed by atoms with E-state index < -0.39 is 5.97 Å². The molecule has 2 rings (SSSR count). The van der Waals surface area contributed by atoms with Gasteiger partial charge in [0.1, 0.15) is 5.82 Å². The van der Waals surface area contributed by atoms with E-state index in [-0.39, 0.29) is 12.2 Å². The Balaban J connectivity index is 1.92.